The summed E-state index contributed by atoms with van der Waals surface area (Å²) in [5, 5.41) is 4.03. The number of rotatable bonds is 7. The van der Waals surface area contributed by atoms with Crippen LogP contribution in [0.3, 0.4) is 0 Å². The van der Waals surface area contributed by atoms with E-state index >= 15 is 0 Å². The van der Waals surface area contributed by atoms with Gasteiger partial charge in [0, 0.05) is 18.4 Å². The van der Waals surface area contributed by atoms with E-state index in [1.165, 1.54) is 22.4 Å². The molecule has 3 aromatic rings. The van der Waals surface area contributed by atoms with E-state index in [1.807, 2.05) is 18.2 Å². The molecule has 2 amide bonds. The molecular weight excluding hydrogens is 444 g/mol. The van der Waals surface area contributed by atoms with E-state index in [2.05, 4.69) is 22.0 Å². The average Bonchev–Trinajstić information content (AvgIpc) is 3.18. The van der Waals surface area contributed by atoms with E-state index in [9.17, 15) is 9.59 Å². The number of para-hydroxylation sites is 2. The van der Waals surface area contributed by atoms with E-state index in [0.717, 1.165) is 42.2 Å². The van der Waals surface area contributed by atoms with Gasteiger partial charge in [-0.2, -0.15) is 0 Å². The SMILES string of the molecule is CN(CC(=O)Nc1ccccc1Cl)C(=O)CSc1nc2c(n1-c1ccccc1)CCCC2. The lowest BCUT2D eigenvalue weighted by molar-refractivity contribution is -0.131. The third-order valence-corrected chi connectivity index (χ3v) is 6.65. The number of nitrogens with zero attached hydrogens (tertiary/aromatic N) is 3. The van der Waals surface area contributed by atoms with Crippen LogP contribution >= 0.6 is 23.4 Å². The molecule has 1 aromatic heterocycles. The highest BCUT2D eigenvalue weighted by molar-refractivity contribution is 7.99. The molecule has 0 aliphatic heterocycles. The third kappa shape index (κ3) is 5.16. The number of thioether (sulfide) groups is 1. The minimum atomic E-state index is -0.291. The lowest BCUT2D eigenvalue weighted by Crippen LogP contribution is -2.36. The number of hydrogen-bond acceptors (Lipinski definition) is 4. The van der Waals surface area contributed by atoms with Gasteiger partial charge in [-0.25, -0.2) is 4.98 Å². The second kappa shape index (κ2) is 10.2. The first-order valence-electron chi connectivity index (χ1n) is 10.6. The number of halogens is 1. The van der Waals surface area contributed by atoms with Crippen LogP contribution < -0.4 is 5.32 Å². The van der Waals surface area contributed by atoms with Crippen LogP contribution in [0.2, 0.25) is 5.02 Å². The first kappa shape index (κ1) is 22.4. The highest BCUT2D eigenvalue weighted by Crippen LogP contribution is 2.30. The highest BCUT2D eigenvalue weighted by atomic mass is 35.5. The number of fused-ring (bicyclic) bond motifs is 1. The highest BCUT2D eigenvalue weighted by Gasteiger charge is 2.22. The Labute approximate surface area is 197 Å². The van der Waals surface area contributed by atoms with Crippen molar-refractivity contribution < 1.29 is 9.59 Å². The fourth-order valence-electron chi connectivity index (χ4n) is 3.75. The maximum atomic E-state index is 12.7. The van der Waals surface area contributed by atoms with Crippen LogP contribution in [0.25, 0.3) is 5.69 Å². The molecule has 8 heteroatoms. The summed E-state index contributed by atoms with van der Waals surface area (Å²) in [6, 6.07) is 17.2. The number of aryl methyl sites for hydroxylation is 1. The maximum absolute atomic E-state index is 12.7. The van der Waals surface area contributed by atoms with Crippen LogP contribution in [0.5, 0.6) is 0 Å². The van der Waals surface area contributed by atoms with E-state index in [0.29, 0.717) is 10.7 Å². The predicted molar refractivity (Wildman–Crippen MR) is 129 cm³/mol. The van der Waals surface area contributed by atoms with Crippen LogP contribution in [0.1, 0.15) is 24.2 Å². The number of amides is 2. The predicted octanol–water partition coefficient (Wildman–Crippen LogP) is 4.59. The Morgan fingerprint density at radius 3 is 2.59 bits per heavy atom. The molecule has 0 saturated heterocycles. The van der Waals surface area contributed by atoms with Crippen molar-refractivity contribution in [3.8, 4) is 5.69 Å². The zero-order chi connectivity index (χ0) is 22.5. The molecule has 6 nitrogen and oxygen atoms in total. The zero-order valence-electron chi connectivity index (χ0n) is 17.9. The zero-order valence-corrected chi connectivity index (χ0v) is 19.5. The topological polar surface area (TPSA) is 67.2 Å². The minimum absolute atomic E-state index is 0.0474. The number of anilines is 1. The molecular formula is C24H25ClN4O2S. The van der Waals surface area contributed by atoms with Crippen molar-refractivity contribution in [1.29, 1.82) is 0 Å². The second-order valence-electron chi connectivity index (χ2n) is 7.73. The largest absolute Gasteiger partial charge is 0.336 e. The van der Waals surface area contributed by atoms with Crippen molar-refractivity contribution >= 4 is 40.9 Å². The summed E-state index contributed by atoms with van der Waals surface area (Å²) in [4.78, 5) is 31.3. The fraction of sp³-hybridized carbons (Fsp3) is 0.292. The van der Waals surface area contributed by atoms with Crippen LogP contribution in [0, 0.1) is 0 Å². The summed E-state index contributed by atoms with van der Waals surface area (Å²) < 4.78 is 2.18. The van der Waals surface area contributed by atoms with Crippen LogP contribution in [0.4, 0.5) is 5.69 Å². The van der Waals surface area contributed by atoms with Gasteiger partial charge in [0.05, 0.1) is 28.7 Å². The van der Waals surface area contributed by atoms with Crippen molar-refractivity contribution in [2.75, 3.05) is 24.7 Å². The number of benzene rings is 2. The Kier molecular flexibility index (Phi) is 7.17. The summed E-state index contributed by atoms with van der Waals surface area (Å²) in [6.07, 6.45) is 4.26. The van der Waals surface area contributed by atoms with Gasteiger partial charge >= 0.3 is 0 Å². The number of aromatic nitrogens is 2. The van der Waals surface area contributed by atoms with Gasteiger partial charge in [0.2, 0.25) is 11.8 Å². The number of likely N-dealkylation sites (N-methyl/N-ethyl adjacent to an activating group) is 1. The van der Waals surface area contributed by atoms with Gasteiger partial charge in [0.25, 0.3) is 0 Å². The van der Waals surface area contributed by atoms with Gasteiger partial charge in [0.15, 0.2) is 5.16 Å². The second-order valence-corrected chi connectivity index (χ2v) is 9.08. The fourth-order valence-corrected chi connectivity index (χ4v) is 4.92. The van der Waals surface area contributed by atoms with E-state index < -0.39 is 0 Å². The number of hydrogen-bond donors (Lipinski definition) is 1. The van der Waals surface area contributed by atoms with Gasteiger partial charge in [-0.15, -0.1) is 0 Å². The summed E-state index contributed by atoms with van der Waals surface area (Å²) in [6.45, 7) is -0.0474. The molecule has 32 heavy (non-hydrogen) atoms. The van der Waals surface area contributed by atoms with Gasteiger partial charge < -0.3 is 10.2 Å². The molecule has 166 valence electrons. The Hall–Kier alpha value is -2.77. The standard InChI is InChI=1S/C24H25ClN4O2S/c1-28(15-22(30)26-19-12-6-5-11-18(19)25)23(31)16-32-24-27-20-13-7-8-14-21(20)29(24)17-9-3-2-4-10-17/h2-6,9-12H,7-8,13-16H2,1H3,(H,26,30). The lowest BCUT2D eigenvalue weighted by Gasteiger charge is -2.17. The van der Waals surface area contributed by atoms with Gasteiger partial charge in [-0.3, -0.25) is 14.2 Å². The quantitative estimate of drug-likeness (QED) is 0.515. The minimum Gasteiger partial charge on any atom is -0.336 e. The van der Waals surface area contributed by atoms with E-state index in [1.54, 1.807) is 31.3 Å². The van der Waals surface area contributed by atoms with E-state index in [-0.39, 0.29) is 24.1 Å². The van der Waals surface area contributed by atoms with Crippen molar-refractivity contribution in [3.63, 3.8) is 0 Å². The van der Waals surface area contributed by atoms with Crippen LogP contribution in [-0.2, 0) is 22.4 Å². The molecule has 2 aromatic carbocycles. The number of carbonyl (C=O) groups excluding carboxylic acids is 2. The molecule has 0 bridgehead atoms. The monoisotopic (exact) mass is 468 g/mol. The Morgan fingerprint density at radius 2 is 1.81 bits per heavy atom. The molecule has 0 radical (unpaired) electrons. The summed E-state index contributed by atoms with van der Waals surface area (Å²) in [7, 11) is 1.63. The average molecular weight is 469 g/mol. The molecule has 0 spiro atoms. The maximum Gasteiger partial charge on any atom is 0.244 e. The molecule has 1 aliphatic carbocycles. The first-order chi connectivity index (χ1) is 15.5. The lowest BCUT2D eigenvalue weighted by atomic mass is 10.0. The van der Waals surface area contributed by atoms with Crippen molar-refractivity contribution in [2.45, 2.75) is 30.8 Å². The Morgan fingerprint density at radius 1 is 1.09 bits per heavy atom. The molecule has 0 atom stereocenters. The van der Waals surface area contributed by atoms with Crippen LogP contribution in [0.15, 0.2) is 59.8 Å². The van der Waals surface area contributed by atoms with Crippen molar-refractivity contribution in [1.82, 2.24) is 14.5 Å². The normalized spacial score (nSPS) is 12.8. The molecule has 0 fully saturated rings. The number of imidazole rings is 1. The molecule has 4 rings (SSSR count). The van der Waals surface area contributed by atoms with Gasteiger partial charge in [0.1, 0.15) is 0 Å². The van der Waals surface area contributed by atoms with Crippen molar-refractivity contribution in [3.05, 3.63) is 71.0 Å². The Bertz CT molecular complexity index is 1120. The molecule has 0 saturated carbocycles. The van der Waals surface area contributed by atoms with Gasteiger partial charge in [-0.05, 0) is 49.9 Å². The summed E-state index contributed by atoms with van der Waals surface area (Å²) >= 11 is 7.50. The van der Waals surface area contributed by atoms with Crippen molar-refractivity contribution in [2.24, 2.45) is 0 Å². The number of nitrogens with one attached hydrogen (secondary N) is 1. The first-order valence-corrected chi connectivity index (χ1v) is 12.0. The molecule has 1 heterocycles. The summed E-state index contributed by atoms with van der Waals surface area (Å²) in [5.74, 6) is -0.219. The molecule has 1 aliphatic rings. The van der Waals surface area contributed by atoms with Gasteiger partial charge in [-0.1, -0.05) is 53.7 Å². The number of carbonyl (C=O) groups is 2. The Balaban J connectivity index is 1.41. The molecule has 0 unspecified atom stereocenters. The molecule has 1 N–H and O–H groups in total. The smallest absolute Gasteiger partial charge is 0.244 e. The third-order valence-electron chi connectivity index (χ3n) is 5.40. The van der Waals surface area contributed by atoms with E-state index in [4.69, 9.17) is 16.6 Å². The van der Waals surface area contributed by atoms with Crippen LogP contribution in [-0.4, -0.2) is 45.6 Å². The summed E-state index contributed by atoms with van der Waals surface area (Å²) in [5.41, 5.74) is 3.96.